The third kappa shape index (κ3) is 8.47. The molecule has 4 N–H and O–H groups in total. The van der Waals surface area contributed by atoms with Gasteiger partial charge in [-0.3, -0.25) is 14.4 Å². The molecule has 0 spiro atoms. The molecular formula is C37H42N6O5. The summed E-state index contributed by atoms with van der Waals surface area (Å²) >= 11 is 0. The van der Waals surface area contributed by atoms with Crippen molar-refractivity contribution in [1.29, 1.82) is 0 Å². The molecule has 0 aliphatic carbocycles. The lowest BCUT2D eigenvalue weighted by atomic mass is 10.0. The summed E-state index contributed by atoms with van der Waals surface area (Å²) < 4.78 is 11.2. The molecule has 2 saturated heterocycles. The van der Waals surface area contributed by atoms with E-state index in [2.05, 4.69) is 30.8 Å². The molecule has 3 aromatic carbocycles. The van der Waals surface area contributed by atoms with Gasteiger partial charge >= 0.3 is 0 Å². The summed E-state index contributed by atoms with van der Waals surface area (Å²) in [6.45, 7) is 4.35. The number of hydrogen-bond acceptors (Lipinski definition) is 7. The molecule has 1 aromatic heterocycles. The third-order valence-electron chi connectivity index (χ3n) is 8.84. The first-order valence-electron chi connectivity index (χ1n) is 16.6. The Hall–Kier alpha value is -5.00. The molecule has 0 unspecified atom stereocenters. The van der Waals surface area contributed by atoms with Crippen molar-refractivity contribution in [3.63, 3.8) is 0 Å². The monoisotopic (exact) mass is 650 g/mol. The molecule has 2 aliphatic heterocycles. The number of hydrogen-bond donors (Lipinski definition) is 4. The Morgan fingerprint density at radius 3 is 2.23 bits per heavy atom. The van der Waals surface area contributed by atoms with Crippen LogP contribution in [0.15, 0.2) is 79.0 Å². The molecule has 2 atom stereocenters. The van der Waals surface area contributed by atoms with Crippen molar-refractivity contribution in [3.05, 3.63) is 90.4 Å². The zero-order chi connectivity index (χ0) is 33.1. The molecule has 2 fully saturated rings. The molecule has 250 valence electrons. The molecule has 48 heavy (non-hydrogen) atoms. The average molecular weight is 651 g/mol. The van der Waals surface area contributed by atoms with Crippen LogP contribution in [0.2, 0.25) is 0 Å². The number of H-pyrrole nitrogens is 1. The fourth-order valence-corrected chi connectivity index (χ4v) is 6.05. The summed E-state index contributed by atoms with van der Waals surface area (Å²) in [6.07, 6.45) is 6.18. The lowest BCUT2D eigenvalue weighted by Crippen LogP contribution is -2.45. The number of anilines is 2. The predicted octanol–water partition coefficient (Wildman–Crippen LogP) is 5.09. The Labute approximate surface area is 280 Å². The number of morpholine rings is 1. The second-order valence-electron chi connectivity index (χ2n) is 12.1. The van der Waals surface area contributed by atoms with E-state index in [1.54, 1.807) is 6.20 Å². The Balaban J connectivity index is 1.07. The quantitative estimate of drug-likeness (QED) is 0.195. The number of imidazole rings is 1. The zero-order valence-electron chi connectivity index (χ0n) is 27.0. The Bertz CT molecular complexity index is 1650. The zero-order valence-corrected chi connectivity index (χ0v) is 27.0. The van der Waals surface area contributed by atoms with Gasteiger partial charge in [-0.05, 0) is 72.4 Å². The summed E-state index contributed by atoms with van der Waals surface area (Å²) in [5, 5.41) is 8.70. The molecule has 11 heteroatoms. The molecule has 4 aromatic rings. The first-order chi connectivity index (χ1) is 23.6. The van der Waals surface area contributed by atoms with Gasteiger partial charge in [0.2, 0.25) is 12.3 Å². The Kier molecular flexibility index (Phi) is 11.1. The van der Waals surface area contributed by atoms with Gasteiger partial charge in [-0.25, -0.2) is 4.98 Å². The summed E-state index contributed by atoms with van der Waals surface area (Å²) in [4.78, 5) is 47.3. The van der Waals surface area contributed by atoms with E-state index in [1.807, 2.05) is 72.8 Å². The van der Waals surface area contributed by atoms with Crippen LogP contribution in [-0.2, 0) is 19.1 Å². The first-order valence-corrected chi connectivity index (χ1v) is 16.6. The molecule has 3 amide bonds. The van der Waals surface area contributed by atoms with Crippen molar-refractivity contribution in [3.8, 4) is 22.4 Å². The standard InChI is InChI=1S/C37H42N6O5/c44-25-39-33-4-2-1-3-20-47-21-17-32(42-37(33)46)35-38-24-34(41-35)28-9-5-26(6-10-28)27-7-11-29(12-8-27)36(45)40-30-13-15-31(16-14-30)43-18-22-48-23-19-43/h5-16,24-25,32-33H,1-4,17-23H2,(H,38,41)(H,39,44)(H,40,45)(H,42,46)/t32-,33-/m0/s1. The third-order valence-corrected chi connectivity index (χ3v) is 8.84. The maximum absolute atomic E-state index is 13.0. The molecule has 11 nitrogen and oxygen atoms in total. The lowest BCUT2D eigenvalue weighted by Gasteiger charge is -2.28. The SMILES string of the molecule is O=CN[C@H]1CCCCCOCC[C@@H](c2ncc(-c3ccc(-c4ccc(C(=O)Nc5ccc(N6CCOCC6)cc5)cc4)cc3)[nH]2)NC1=O. The summed E-state index contributed by atoms with van der Waals surface area (Å²) in [6, 6.07) is 22.6. The van der Waals surface area contributed by atoms with E-state index in [4.69, 9.17) is 9.47 Å². The van der Waals surface area contributed by atoms with Crippen LogP contribution in [-0.4, -0.2) is 73.8 Å². The van der Waals surface area contributed by atoms with Crippen molar-refractivity contribution in [2.24, 2.45) is 0 Å². The Morgan fingerprint density at radius 1 is 0.812 bits per heavy atom. The molecule has 6 rings (SSSR count). The van der Waals surface area contributed by atoms with E-state index < -0.39 is 6.04 Å². The fourth-order valence-electron chi connectivity index (χ4n) is 6.05. The number of aromatic nitrogens is 2. The largest absolute Gasteiger partial charge is 0.381 e. The van der Waals surface area contributed by atoms with Crippen LogP contribution in [0.25, 0.3) is 22.4 Å². The van der Waals surface area contributed by atoms with E-state index in [-0.39, 0.29) is 17.9 Å². The number of carbonyl (C=O) groups excluding carboxylic acids is 3. The van der Waals surface area contributed by atoms with Crippen LogP contribution in [0.5, 0.6) is 0 Å². The number of rotatable bonds is 8. The van der Waals surface area contributed by atoms with Gasteiger partial charge in [0, 0.05) is 43.2 Å². The molecule has 0 radical (unpaired) electrons. The summed E-state index contributed by atoms with van der Waals surface area (Å²) in [5.74, 6) is 0.248. The number of amides is 3. The van der Waals surface area contributed by atoms with Crippen LogP contribution in [0.1, 0.15) is 54.3 Å². The minimum Gasteiger partial charge on any atom is -0.381 e. The highest BCUT2D eigenvalue weighted by Gasteiger charge is 2.24. The second-order valence-corrected chi connectivity index (χ2v) is 12.1. The maximum Gasteiger partial charge on any atom is 0.255 e. The van der Waals surface area contributed by atoms with E-state index in [9.17, 15) is 14.4 Å². The van der Waals surface area contributed by atoms with E-state index >= 15 is 0 Å². The number of ether oxygens (including phenoxy) is 2. The predicted molar refractivity (Wildman–Crippen MR) is 185 cm³/mol. The summed E-state index contributed by atoms with van der Waals surface area (Å²) in [7, 11) is 0. The molecule has 3 heterocycles. The second kappa shape index (κ2) is 16.2. The molecule has 2 aliphatic rings. The van der Waals surface area contributed by atoms with Gasteiger partial charge < -0.3 is 35.3 Å². The smallest absolute Gasteiger partial charge is 0.255 e. The van der Waals surface area contributed by atoms with E-state index in [1.165, 1.54) is 0 Å². The highest BCUT2D eigenvalue weighted by atomic mass is 16.5. The van der Waals surface area contributed by atoms with Gasteiger partial charge in [-0.2, -0.15) is 0 Å². The maximum atomic E-state index is 13.0. The molecular weight excluding hydrogens is 608 g/mol. The van der Waals surface area contributed by atoms with Gasteiger partial charge in [0.15, 0.2) is 0 Å². The van der Waals surface area contributed by atoms with Crippen molar-refractivity contribution in [2.45, 2.75) is 44.2 Å². The van der Waals surface area contributed by atoms with Crippen LogP contribution in [0, 0.1) is 0 Å². The number of benzene rings is 3. The average Bonchev–Trinajstić information content (AvgIpc) is 3.62. The van der Waals surface area contributed by atoms with Gasteiger partial charge in [-0.15, -0.1) is 0 Å². The summed E-state index contributed by atoms with van der Waals surface area (Å²) in [5.41, 5.74) is 6.23. The van der Waals surface area contributed by atoms with E-state index in [0.717, 1.165) is 79.3 Å². The first kappa shape index (κ1) is 32.9. The molecule has 0 bridgehead atoms. The van der Waals surface area contributed by atoms with Crippen molar-refractivity contribution >= 4 is 29.6 Å². The Morgan fingerprint density at radius 2 is 1.50 bits per heavy atom. The number of nitrogens with one attached hydrogen (secondary N) is 4. The fraction of sp³-hybridized carbons (Fsp3) is 0.351. The van der Waals surface area contributed by atoms with E-state index in [0.29, 0.717) is 43.9 Å². The number of aromatic amines is 1. The van der Waals surface area contributed by atoms with Crippen LogP contribution >= 0.6 is 0 Å². The minimum atomic E-state index is -0.575. The van der Waals surface area contributed by atoms with Crippen molar-refractivity contribution < 1.29 is 23.9 Å². The highest BCUT2D eigenvalue weighted by molar-refractivity contribution is 6.04. The van der Waals surface area contributed by atoms with Gasteiger partial charge in [0.05, 0.1) is 31.1 Å². The minimum absolute atomic E-state index is 0.161. The molecule has 0 saturated carbocycles. The van der Waals surface area contributed by atoms with Crippen LogP contribution in [0.4, 0.5) is 11.4 Å². The number of nitrogens with zero attached hydrogens (tertiary/aromatic N) is 2. The van der Waals surface area contributed by atoms with Gasteiger partial charge in [0.25, 0.3) is 5.91 Å². The van der Waals surface area contributed by atoms with Crippen molar-refractivity contribution in [2.75, 3.05) is 49.7 Å². The lowest BCUT2D eigenvalue weighted by molar-refractivity contribution is -0.126. The van der Waals surface area contributed by atoms with Crippen molar-refractivity contribution in [1.82, 2.24) is 20.6 Å². The highest BCUT2D eigenvalue weighted by Crippen LogP contribution is 2.27. The normalized spacial score (nSPS) is 19.3. The topological polar surface area (TPSA) is 138 Å². The van der Waals surface area contributed by atoms with Gasteiger partial charge in [-0.1, -0.05) is 49.2 Å². The number of carbonyl (C=O) groups is 3. The van der Waals surface area contributed by atoms with Crippen LogP contribution in [0.3, 0.4) is 0 Å². The van der Waals surface area contributed by atoms with Crippen LogP contribution < -0.4 is 20.9 Å². The van der Waals surface area contributed by atoms with Gasteiger partial charge in [0.1, 0.15) is 11.9 Å².